The maximum Gasteiger partial charge on any atom is 0.267 e. The normalized spacial score (nSPS) is 14.6. The van der Waals surface area contributed by atoms with Crippen molar-refractivity contribution < 1.29 is 13.9 Å². The van der Waals surface area contributed by atoms with E-state index >= 15 is 0 Å². The van der Waals surface area contributed by atoms with Crippen molar-refractivity contribution in [3.63, 3.8) is 0 Å². The number of ether oxygens (including phenoxy) is 1. The van der Waals surface area contributed by atoms with Crippen LogP contribution in [0.3, 0.4) is 0 Å². The van der Waals surface area contributed by atoms with E-state index in [1.807, 2.05) is 43.0 Å². The number of morpholine rings is 1. The van der Waals surface area contributed by atoms with Gasteiger partial charge in [0, 0.05) is 18.7 Å². The number of halogens is 1. The molecule has 7 nitrogen and oxygen atoms in total. The third-order valence-electron chi connectivity index (χ3n) is 6.42. The number of rotatable bonds is 5. The Balaban J connectivity index is 1.54. The molecular formula is C28H27FN4O3. The highest BCUT2D eigenvalue weighted by Gasteiger charge is 2.21. The van der Waals surface area contributed by atoms with Crippen molar-refractivity contribution in [2.75, 3.05) is 31.2 Å². The molecule has 1 atom stereocenters. The Bertz CT molecular complexity index is 1460. The highest BCUT2D eigenvalue weighted by molar-refractivity contribution is 5.98. The first-order chi connectivity index (χ1) is 17.4. The van der Waals surface area contributed by atoms with Crippen LogP contribution in [0.1, 0.15) is 34.5 Å². The first kappa shape index (κ1) is 23.7. The van der Waals surface area contributed by atoms with Gasteiger partial charge in [-0.15, -0.1) is 0 Å². The molecule has 3 aromatic carbocycles. The number of anilines is 1. The molecule has 36 heavy (non-hydrogen) atoms. The smallest absolute Gasteiger partial charge is 0.267 e. The molecule has 2 heterocycles. The highest BCUT2D eigenvalue weighted by Crippen LogP contribution is 2.22. The number of aryl methyl sites for hydroxylation is 1. The van der Waals surface area contributed by atoms with Crippen LogP contribution >= 0.6 is 0 Å². The molecule has 1 aliphatic heterocycles. The predicted octanol–water partition coefficient (Wildman–Crippen LogP) is 4.16. The van der Waals surface area contributed by atoms with E-state index in [4.69, 9.17) is 9.72 Å². The van der Waals surface area contributed by atoms with Crippen LogP contribution in [-0.4, -0.2) is 41.8 Å². The lowest BCUT2D eigenvalue weighted by Gasteiger charge is -2.30. The van der Waals surface area contributed by atoms with Gasteiger partial charge in [0.1, 0.15) is 5.82 Å². The molecule has 0 aliphatic carbocycles. The molecule has 1 aliphatic rings. The van der Waals surface area contributed by atoms with Gasteiger partial charge in [0.05, 0.1) is 35.8 Å². The number of nitrogens with one attached hydrogen (secondary N) is 1. The third-order valence-corrected chi connectivity index (χ3v) is 6.42. The second-order valence-electron chi connectivity index (χ2n) is 8.97. The predicted molar refractivity (Wildman–Crippen MR) is 137 cm³/mol. The molecule has 0 bridgehead atoms. The maximum atomic E-state index is 13.7. The Morgan fingerprint density at radius 2 is 1.72 bits per heavy atom. The molecule has 1 saturated heterocycles. The molecule has 0 radical (unpaired) electrons. The van der Waals surface area contributed by atoms with Gasteiger partial charge in [0.2, 0.25) is 5.95 Å². The molecular weight excluding hydrogens is 459 g/mol. The molecule has 0 saturated carbocycles. The Morgan fingerprint density at radius 1 is 1.03 bits per heavy atom. The number of fused-ring (bicyclic) bond motifs is 1. The van der Waals surface area contributed by atoms with Crippen molar-refractivity contribution in [2.45, 2.75) is 19.9 Å². The second kappa shape index (κ2) is 9.91. The minimum atomic E-state index is -0.328. The lowest BCUT2D eigenvalue weighted by molar-refractivity contribution is 0.0940. The fourth-order valence-electron chi connectivity index (χ4n) is 4.33. The fraction of sp³-hybridized carbons (Fsp3) is 0.250. The van der Waals surface area contributed by atoms with Crippen molar-refractivity contribution in [3.05, 3.63) is 99.6 Å². The summed E-state index contributed by atoms with van der Waals surface area (Å²) in [5.41, 5.74) is 3.27. The number of amides is 1. The first-order valence-electron chi connectivity index (χ1n) is 11.9. The third kappa shape index (κ3) is 4.72. The van der Waals surface area contributed by atoms with Crippen molar-refractivity contribution in [2.24, 2.45) is 0 Å². The summed E-state index contributed by atoms with van der Waals surface area (Å²) >= 11 is 0. The number of nitrogens with zero attached hydrogens (tertiary/aromatic N) is 3. The molecule has 8 heteroatoms. The molecule has 0 spiro atoms. The Kier molecular flexibility index (Phi) is 6.52. The van der Waals surface area contributed by atoms with Gasteiger partial charge in [0.15, 0.2) is 0 Å². The molecule has 5 rings (SSSR count). The quantitative estimate of drug-likeness (QED) is 0.459. The molecule has 1 amide bonds. The van der Waals surface area contributed by atoms with E-state index in [0.29, 0.717) is 48.7 Å². The van der Waals surface area contributed by atoms with Crippen molar-refractivity contribution >= 4 is 22.8 Å². The van der Waals surface area contributed by atoms with Crippen LogP contribution in [0.5, 0.6) is 0 Å². The average Bonchev–Trinajstić information content (AvgIpc) is 2.90. The molecule has 1 fully saturated rings. The zero-order chi connectivity index (χ0) is 25.2. The number of hydrogen-bond donors (Lipinski definition) is 1. The van der Waals surface area contributed by atoms with Crippen LogP contribution in [0.2, 0.25) is 0 Å². The van der Waals surface area contributed by atoms with E-state index in [1.54, 1.807) is 34.9 Å². The minimum Gasteiger partial charge on any atom is -0.378 e. The summed E-state index contributed by atoms with van der Waals surface area (Å²) in [4.78, 5) is 33.6. The van der Waals surface area contributed by atoms with Crippen molar-refractivity contribution in [1.82, 2.24) is 14.9 Å². The first-order valence-corrected chi connectivity index (χ1v) is 11.9. The molecule has 1 N–H and O–H groups in total. The lowest BCUT2D eigenvalue weighted by atomic mass is 10.1. The topological polar surface area (TPSA) is 76.5 Å². The zero-order valence-corrected chi connectivity index (χ0v) is 20.2. The van der Waals surface area contributed by atoms with Gasteiger partial charge < -0.3 is 15.0 Å². The van der Waals surface area contributed by atoms with Crippen LogP contribution in [0.25, 0.3) is 16.6 Å². The Hall–Kier alpha value is -4.04. The van der Waals surface area contributed by atoms with E-state index in [1.165, 1.54) is 12.1 Å². The van der Waals surface area contributed by atoms with E-state index in [9.17, 15) is 14.0 Å². The standard InChI is InChI=1S/C28H27FN4O3/c1-18-3-10-23(11-4-18)33-27(35)24-12-7-21(17-25(24)31-28(33)32-13-15-36-16-14-32)26(34)30-19(2)20-5-8-22(29)9-6-20/h3-12,17,19H,13-16H2,1-2H3,(H,30,34)/t19-/m1/s1. The molecule has 184 valence electrons. The number of carbonyl (C=O) groups excluding carboxylic acids is 1. The van der Waals surface area contributed by atoms with Crippen LogP contribution in [0.15, 0.2) is 71.5 Å². The fourth-order valence-corrected chi connectivity index (χ4v) is 4.33. The average molecular weight is 487 g/mol. The van der Waals surface area contributed by atoms with Gasteiger partial charge in [-0.05, 0) is 61.9 Å². The largest absolute Gasteiger partial charge is 0.378 e. The monoisotopic (exact) mass is 486 g/mol. The van der Waals surface area contributed by atoms with Crippen LogP contribution < -0.4 is 15.8 Å². The van der Waals surface area contributed by atoms with Gasteiger partial charge in [-0.3, -0.25) is 9.59 Å². The number of hydrogen-bond acceptors (Lipinski definition) is 5. The summed E-state index contributed by atoms with van der Waals surface area (Å²) in [6.07, 6.45) is 0. The number of carbonyl (C=O) groups is 1. The van der Waals surface area contributed by atoms with Gasteiger partial charge in [-0.2, -0.15) is 0 Å². The second-order valence-corrected chi connectivity index (χ2v) is 8.97. The van der Waals surface area contributed by atoms with Gasteiger partial charge >= 0.3 is 0 Å². The van der Waals surface area contributed by atoms with Crippen LogP contribution in [-0.2, 0) is 4.74 Å². The highest BCUT2D eigenvalue weighted by atomic mass is 19.1. The van der Waals surface area contributed by atoms with E-state index in [0.717, 1.165) is 16.8 Å². The summed E-state index contributed by atoms with van der Waals surface area (Å²) in [5, 5.41) is 3.36. The summed E-state index contributed by atoms with van der Waals surface area (Å²) in [7, 11) is 0. The van der Waals surface area contributed by atoms with Gasteiger partial charge in [-0.1, -0.05) is 29.8 Å². The maximum absolute atomic E-state index is 13.7. The number of benzene rings is 3. The Morgan fingerprint density at radius 3 is 2.42 bits per heavy atom. The molecule has 4 aromatic rings. The summed E-state index contributed by atoms with van der Waals surface area (Å²) in [6, 6.07) is 18.4. The van der Waals surface area contributed by atoms with Crippen molar-refractivity contribution in [1.29, 1.82) is 0 Å². The van der Waals surface area contributed by atoms with Crippen LogP contribution in [0.4, 0.5) is 10.3 Å². The molecule has 0 unspecified atom stereocenters. The molecule has 1 aromatic heterocycles. The summed E-state index contributed by atoms with van der Waals surface area (Å²) in [5.74, 6) is -0.103. The van der Waals surface area contributed by atoms with E-state index < -0.39 is 0 Å². The Labute approximate surface area is 208 Å². The summed E-state index contributed by atoms with van der Waals surface area (Å²) < 4.78 is 20.4. The SMILES string of the molecule is Cc1ccc(-n2c(N3CCOCC3)nc3cc(C(=O)N[C@H](C)c4ccc(F)cc4)ccc3c2=O)cc1. The van der Waals surface area contributed by atoms with Gasteiger partial charge in [0.25, 0.3) is 11.5 Å². The van der Waals surface area contributed by atoms with E-state index in [2.05, 4.69) is 5.32 Å². The lowest BCUT2D eigenvalue weighted by Crippen LogP contribution is -2.40. The summed E-state index contributed by atoms with van der Waals surface area (Å²) in [6.45, 7) is 6.15. The minimum absolute atomic E-state index is 0.197. The van der Waals surface area contributed by atoms with Gasteiger partial charge in [-0.25, -0.2) is 13.9 Å². The zero-order valence-electron chi connectivity index (χ0n) is 20.2. The van der Waals surface area contributed by atoms with Crippen LogP contribution in [0, 0.1) is 12.7 Å². The number of aromatic nitrogens is 2. The van der Waals surface area contributed by atoms with E-state index in [-0.39, 0.29) is 23.3 Å². The van der Waals surface area contributed by atoms with Crippen molar-refractivity contribution in [3.8, 4) is 5.69 Å².